The quantitative estimate of drug-likeness (QED) is 0.364. The molecule has 0 rings (SSSR count). The minimum atomic E-state index is -1.82. The van der Waals surface area contributed by atoms with Crippen molar-refractivity contribution in [3.63, 3.8) is 0 Å². The van der Waals surface area contributed by atoms with Crippen molar-refractivity contribution in [3.8, 4) is 0 Å². The van der Waals surface area contributed by atoms with Gasteiger partial charge in [0, 0.05) is 0 Å². The maximum absolute atomic E-state index is 9.10. The first-order valence-electron chi connectivity index (χ1n) is 1.11. The summed E-state index contributed by atoms with van der Waals surface area (Å²) < 4.78 is 0. The van der Waals surface area contributed by atoms with E-state index in [0.717, 1.165) is 0 Å². The van der Waals surface area contributed by atoms with E-state index in [4.69, 9.17) is 19.8 Å². The first-order valence-corrected chi connectivity index (χ1v) is 1.11. The van der Waals surface area contributed by atoms with Crippen molar-refractivity contribution in [1.82, 2.24) is 0 Å². The van der Waals surface area contributed by atoms with Crippen LogP contribution in [-0.2, 0) is 9.59 Å². The molecule has 0 aromatic heterocycles. The molecule has 6 heteroatoms. The third-order valence-electron chi connectivity index (χ3n) is 0.183. The number of aliphatic carboxylic acids is 2. The van der Waals surface area contributed by atoms with Gasteiger partial charge >= 0.3 is 46.1 Å². The Kier molecular flexibility index (Phi) is 13.7. The molecule has 0 aliphatic carbocycles. The molecule has 0 aliphatic rings. The number of carboxylic acids is 2. The molecule has 0 spiro atoms. The third-order valence-corrected chi connectivity index (χ3v) is 0.183. The third kappa shape index (κ3) is 9.36. The summed E-state index contributed by atoms with van der Waals surface area (Å²) in [7, 11) is 0. The molecule has 2 N–H and O–H groups in total. The van der Waals surface area contributed by atoms with Gasteiger partial charge in [-0.1, -0.05) is 0 Å². The fourth-order valence-corrected chi connectivity index (χ4v) is 0. The summed E-state index contributed by atoms with van der Waals surface area (Å²) in [4.78, 5) is 18.2. The van der Waals surface area contributed by atoms with Crippen LogP contribution < -0.4 is 0 Å². The first-order chi connectivity index (χ1) is 2.64. The molecule has 0 fully saturated rings. The zero-order valence-corrected chi connectivity index (χ0v) is 7.91. The van der Waals surface area contributed by atoms with Gasteiger partial charge in [0.2, 0.25) is 0 Å². The van der Waals surface area contributed by atoms with E-state index < -0.39 is 11.9 Å². The van der Waals surface area contributed by atoms with Crippen molar-refractivity contribution in [3.05, 3.63) is 0 Å². The summed E-state index contributed by atoms with van der Waals surface area (Å²) >= 11 is 0. The number of carbonyl (C=O) groups is 2. The van der Waals surface area contributed by atoms with E-state index in [1.807, 2.05) is 0 Å². The molecule has 0 aliphatic heterocycles. The van der Waals surface area contributed by atoms with Gasteiger partial charge in [0.25, 0.3) is 0 Å². The van der Waals surface area contributed by atoms with Gasteiger partial charge in [-0.3, -0.25) is 0 Å². The van der Waals surface area contributed by atoms with Gasteiger partial charge in [0.1, 0.15) is 0 Å². The van der Waals surface area contributed by atoms with E-state index in [1.165, 1.54) is 0 Å². The summed E-state index contributed by atoms with van der Waals surface area (Å²) in [6.45, 7) is 0. The Bertz CT molecular complexity index is 78.0. The van der Waals surface area contributed by atoms with Gasteiger partial charge < -0.3 is 10.2 Å². The standard InChI is InChI=1S/C2H2O4.2H2Se/c3-1(4)2(5)6;;/h(H,3,4)(H,5,6);2*1H2. The monoisotopic (exact) mass is 254 g/mol. The predicted octanol–water partition coefficient (Wildman–Crippen LogP) is -2.68. The van der Waals surface area contributed by atoms with Crippen LogP contribution in [-0.4, -0.2) is 56.3 Å². The average molecular weight is 252 g/mol. The van der Waals surface area contributed by atoms with Gasteiger partial charge in [0.15, 0.2) is 0 Å². The van der Waals surface area contributed by atoms with Crippen molar-refractivity contribution in [1.29, 1.82) is 0 Å². The second-order valence-electron chi connectivity index (χ2n) is 0.610. The van der Waals surface area contributed by atoms with Crippen molar-refractivity contribution < 1.29 is 19.8 Å². The van der Waals surface area contributed by atoms with Gasteiger partial charge in [-0.05, 0) is 0 Å². The Morgan fingerprint density at radius 3 is 1.00 bits per heavy atom. The molecule has 0 amide bonds. The maximum atomic E-state index is 9.10. The number of hydrogen-bond acceptors (Lipinski definition) is 2. The Hall–Kier alpha value is -0.0210. The normalized spacial score (nSPS) is 5.50. The summed E-state index contributed by atoms with van der Waals surface area (Å²) in [5.41, 5.74) is 0. The SMILES string of the molecule is O=C(O)C(=O)O.[SeH2].[SeH2]. The van der Waals surface area contributed by atoms with Gasteiger partial charge in [-0.2, -0.15) is 0 Å². The number of rotatable bonds is 0. The first kappa shape index (κ1) is 15.7. The molecule has 4 nitrogen and oxygen atoms in total. The average Bonchev–Trinajstić information content (AvgIpc) is 1.36. The van der Waals surface area contributed by atoms with Crippen LogP contribution in [0.3, 0.4) is 0 Å². The molecule has 0 saturated heterocycles. The predicted molar refractivity (Wildman–Crippen MR) is 32.4 cm³/mol. The van der Waals surface area contributed by atoms with Crippen LogP contribution in [0.5, 0.6) is 0 Å². The summed E-state index contributed by atoms with van der Waals surface area (Å²) in [6, 6.07) is 0. The minimum absolute atomic E-state index is 0. The van der Waals surface area contributed by atoms with E-state index >= 15 is 0 Å². The van der Waals surface area contributed by atoms with Crippen LogP contribution in [0.15, 0.2) is 0 Å². The van der Waals surface area contributed by atoms with Crippen LogP contribution in [0, 0.1) is 0 Å². The van der Waals surface area contributed by atoms with Gasteiger partial charge in [-0.25, -0.2) is 9.59 Å². The van der Waals surface area contributed by atoms with Crippen molar-refractivity contribution in [2.75, 3.05) is 0 Å². The van der Waals surface area contributed by atoms with E-state index in [9.17, 15) is 0 Å². The van der Waals surface area contributed by atoms with E-state index in [0.29, 0.717) is 0 Å². The fourth-order valence-electron chi connectivity index (χ4n) is 0. The molecule has 0 aromatic carbocycles. The second kappa shape index (κ2) is 6.98. The summed E-state index contributed by atoms with van der Waals surface area (Å²) in [6.07, 6.45) is 0. The van der Waals surface area contributed by atoms with E-state index in [1.54, 1.807) is 0 Å². The molecular weight excluding hydrogens is 246 g/mol. The van der Waals surface area contributed by atoms with Crippen LogP contribution in [0.25, 0.3) is 0 Å². The van der Waals surface area contributed by atoms with Gasteiger partial charge in [-0.15, -0.1) is 0 Å². The zero-order valence-electron chi connectivity index (χ0n) is 3.71. The molecular formula is C2H6O4Se2. The second-order valence-corrected chi connectivity index (χ2v) is 0.610. The summed E-state index contributed by atoms with van der Waals surface area (Å²) in [5, 5.41) is 14.8. The van der Waals surface area contributed by atoms with Crippen LogP contribution in [0.4, 0.5) is 0 Å². The molecule has 0 atom stereocenters. The Balaban J connectivity index is -0.000000125. The Labute approximate surface area is 66.2 Å². The molecule has 0 aromatic rings. The van der Waals surface area contributed by atoms with Crippen LogP contribution >= 0.6 is 0 Å². The van der Waals surface area contributed by atoms with Crippen molar-refractivity contribution in [2.24, 2.45) is 0 Å². The molecule has 0 radical (unpaired) electrons. The Morgan fingerprint density at radius 2 is 1.00 bits per heavy atom. The zero-order chi connectivity index (χ0) is 5.15. The van der Waals surface area contributed by atoms with Crippen molar-refractivity contribution in [2.45, 2.75) is 0 Å². The summed E-state index contributed by atoms with van der Waals surface area (Å²) in [5.74, 6) is -3.65. The van der Waals surface area contributed by atoms with E-state index in [2.05, 4.69) is 0 Å². The molecule has 0 saturated carbocycles. The van der Waals surface area contributed by atoms with Crippen LogP contribution in [0.2, 0.25) is 0 Å². The van der Waals surface area contributed by atoms with E-state index in [-0.39, 0.29) is 34.1 Å². The molecule has 0 heterocycles. The molecule has 0 bridgehead atoms. The number of carboxylic acid groups (broad SMARTS) is 2. The number of hydrogen-bond donors (Lipinski definition) is 2. The molecule has 50 valence electrons. The fraction of sp³-hybridized carbons (Fsp3) is 0. The van der Waals surface area contributed by atoms with Crippen molar-refractivity contribution >= 4 is 46.1 Å². The van der Waals surface area contributed by atoms with Gasteiger partial charge in [0.05, 0.1) is 0 Å². The topological polar surface area (TPSA) is 74.6 Å². The molecule has 0 unspecified atom stereocenters. The van der Waals surface area contributed by atoms with Crippen LogP contribution in [0.1, 0.15) is 0 Å². The molecule has 8 heavy (non-hydrogen) atoms. The Morgan fingerprint density at radius 1 is 0.875 bits per heavy atom.